The molecule has 21 heavy (non-hydrogen) atoms. The number of methoxy groups -OCH3 is 1. The number of para-hydroxylation sites is 1. The Bertz CT molecular complexity index is 684. The molecule has 8 heteroatoms. The first-order valence-corrected chi connectivity index (χ1v) is 7.72. The summed E-state index contributed by atoms with van der Waals surface area (Å²) in [7, 11) is -3.10. The lowest BCUT2D eigenvalue weighted by Gasteiger charge is -2.26. The molecule has 0 aromatic heterocycles. The Hall–Kier alpha value is -2.09. The zero-order chi connectivity index (χ0) is 15.8. The van der Waals surface area contributed by atoms with Crippen molar-refractivity contribution in [1.82, 2.24) is 0 Å². The van der Waals surface area contributed by atoms with Crippen molar-refractivity contribution in [3.63, 3.8) is 0 Å². The van der Waals surface area contributed by atoms with Crippen molar-refractivity contribution in [2.75, 3.05) is 11.4 Å². The summed E-state index contributed by atoms with van der Waals surface area (Å²) < 4.78 is 30.4. The number of hydrogen-bond donors (Lipinski definition) is 1. The normalized spacial score (nSPS) is 19.0. The number of carboxylic acid groups (broad SMARTS) is 1. The molecule has 2 rings (SSSR count). The van der Waals surface area contributed by atoms with Crippen molar-refractivity contribution < 1.29 is 27.9 Å². The second-order valence-electron chi connectivity index (χ2n) is 4.69. The van der Waals surface area contributed by atoms with Gasteiger partial charge in [0.2, 0.25) is 10.0 Å². The van der Waals surface area contributed by atoms with E-state index in [1.165, 1.54) is 13.0 Å². The van der Waals surface area contributed by atoms with Crippen molar-refractivity contribution in [1.29, 1.82) is 0 Å². The zero-order valence-corrected chi connectivity index (χ0v) is 12.3. The van der Waals surface area contributed by atoms with E-state index in [2.05, 4.69) is 4.74 Å². The number of carbonyl (C=O) groups excluding carboxylic acids is 1. The highest BCUT2D eigenvalue weighted by Crippen LogP contribution is 2.35. The third kappa shape index (κ3) is 2.46. The number of carboxylic acids is 1. The fraction of sp³-hybridized carbons (Fsp3) is 0.385. The second-order valence-corrected chi connectivity index (χ2v) is 6.82. The topological polar surface area (TPSA) is 101 Å². The van der Waals surface area contributed by atoms with Crippen LogP contribution in [0.1, 0.15) is 12.5 Å². The van der Waals surface area contributed by atoms with Gasteiger partial charge in [-0.15, -0.1) is 0 Å². The molecule has 1 aromatic rings. The first-order chi connectivity index (χ1) is 9.80. The van der Waals surface area contributed by atoms with Crippen LogP contribution < -0.4 is 4.31 Å². The molecule has 1 aliphatic heterocycles. The predicted octanol–water partition coefficient (Wildman–Crippen LogP) is 0.394. The summed E-state index contributed by atoms with van der Waals surface area (Å²) in [5.41, 5.74) is 0.909. The van der Waals surface area contributed by atoms with Gasteiger partial charge in [-0.1, -0.05) is 18.2 Å². The van der Waals surface area contributed by atoms with Crippen molar-refractivity contribution >= 4 is 27.6 Å². The number of sulfonamides is 1. The molecule has 0 saturated heterocycles. The van der Waals surface area contributed by atoms with Crippen molar-refractivity contribution in [3.05, 3.63) is 29.8 Å². The molecule has 1 aliphatic rings. The standard InChI is InChI=1S/C13H15NO6S/c1-8(13(17)20-2)21(18,19)14-10-6-4-3-5-9(10)7-11(14)12(15)16/h3-6,8,11H,7H2,1-2H3,(H,15,16). The molecule has 2 unspecified atom stereocenters. The van der Waals surface area contributed by atoms with Gasteiger partial charge in [-0.05, 0) is 18.6 Å². The Kier molecular flexibility index (Phi) is 3.91. The number of rotatable bonds is 4. The third-order valence-electron chi connectivity index (χ3n) is 3.46. The molecule has 0 bridgehead atoms. The van der Waals surface area contributed by atoms with Crippen LogP contribution in [0.15, 0.2) is 24.3 Å². The van der Waals surface area contributed by atoms with Gasteiger partial charge in [-0.2, -0.15) is 0 Å². The molecule has 2 atom stereocenters. The molecule has 0 spiro atoms. The largest absolute Gasteiger partial charge is 0.480 e. The van der Waals surface area contributed by atoms with Gasteiger partial charge >= 0.3 is 11.9 Å². The summed E-state index contributed by atoms with van der Waals surface area (Å²) in [6.45, 7) is 1.18. The molecular formula is C13H15NO6S. The van der Waals surface area contributed by atoms with E-state index in [9.17, 15) is 23.1 Å². The monoisotopic (exact) mass is 313 g/mol. The fourth-order valence-electron chi connectivity index (χ4n) is 2.32. The van der Waals surface area contributed by atoms with Crippen molar-refractivity contribution in [2.45, 2.75) is 24.6 Å². The van der Waals surface area contributed by atoms with E-state index in [1.54, 1.807) is 18.2 Å². The Labute approximate surface area is 122 Å². The number of aliphatic carboxylic acids is 1. The highest BCUT2D eigenvalue weighted by atomic mass is 32.2. The van der Waals surface area contributed by atoms with Crippen LogP contribution in [0, 0.1) is 0 Å². The molecule has 1 aromatic carbocycles. The van der Waals surface area contributed by atoms with Crippen LogP contribution in [-0.4, -0.2) is 43.9 Å². The lowest BCUT2D eigenvalue weighted by molar-refractivity contribution is -0.140. The molecule has 0 fully saturated rings. The van der Waals surface area contributed by atoms with Crippen LogP contribution in [0.3, 0.4) is 0 Å². The summed E-state index contributed by atoms with van der Waals surface area (Å²) in [4.78, 5) is 22.9. The van der Waals surface area contributed by atoms with Gasteiger partial charge in [0.15, 0.2) is 5.25 Å². The molecule has 114 valence electrons. The lowest BCUT2D eigenvalue weighted by atomic mass is 10.1. The summed E-state index contributed by atoms with van der Waals surface area (Å²) in [5.74, 6) is -2.18. The van der Waals surface area contributed by atoms with Crippen LogP contribution in [0.4, 0.5) is 5.69 Å². The minimum absolute atomic E-state index is 0.0681. The molecule has 1 N–H and O–H groups in total. The fourth-order valence-corrected chi connectivity index (χ4v) is 3.97. The number of carbonyl (C=O) groups is 2. The summed E-state index contributed by atoms with van der Waals surface area (Å²) in [6.07, 6.45) is 0.0681. The van der Waals surface area contributed by atoms with Crippen LogP contribution in [-0.2, 0) is 30.8 Å². The number of fused-ring (bicyclic) bond motifs is 1. The minimum atomic E-state index is -4.18. The van der Waals surface area contributed by atoms with E-state index in [-0.39, 0.29) is 6.42 Å². The number of benzene rings is 1. The maximum absolute atomic E-state index is 12.6. The molecule has 0 saturated carbocycles. The van der Waals surface area contributed by atoms with Crippen LogP contribution in [0.2, 0.25) is 0 Å². The second kappa shape index (κ2) is 5.36. The first kappa shape index (κ1) is 15.3. The summed E-state index contributed by atoms with van der Waals surface area (Å²) >= 11 is 0. The zero-order valence-electron chi connectivity index (χ0n) is 11.5. The van der Waals surface area contributed by atoms with E-state index in [1.807, 2.05) is 0 Å². The van der Waals surface area contributed by atoms with E-state index in [0.717, 1.165) is 11.4 Å². The van der Waals surface area contributed by atoms with Gasteiger partial charge in [0.05, 0.1) is 12.8 Å². The van der Waals surface area contributed by atoms with Gasteiger partial charge in [-0.3, -0.25) is 9.10 Å². The quantitative estimate of drug-likeness (QED) is 0.807. The maximum Gasteiger partial charge on any atom is 0.327 e. The van der Waals surface area contributed by atoms with E-state index in [4.69, 9.17) is 0 Å². The SMILES string of the molecule is COC(=O)C(C)S(=O)(=O)N1c2ccccc2CC1C(=O)O. The van der Waals surface area contributed by atoms with Gasteiger partial charge in [0.25, 0.3) is 0 Å². The molecule has 0 aliphatic carbocycles. The first-order valence-electron chi connectivity index (χ1n) is 6.22. The Balaban J connectivity index is 2.53. The van der Waals surface area contributed by atoms with E-state index >= 15 is 0 Å². The number of esters is 1. The van der Waals surface area contributed by atoms with E-state index in [0.29, 0.717) is 11.3 Å². The summed E-state index contributed by atoms with van der Waals surface area (Å²) in [5, 5.41) is 7.80. The number of hydrogen-bond acceptors (Lipinski definition) is 5. The molecule has 0 amide bonds. The average Bonchev–Trinajstić information content (AvgIpc) is 2.85. The average molecular weight is 313 g/mol. The highest BCUT2D eigenvalue weighted by Gasteiger charge is 2.45. The Morgan fingerprint density at radius 3 is 2.57 bits per heavy atom. The van der Waals surface area contributed by atoms with Crippen LogP contribution >= 0.6 is 0 Å². The molecular weight excluding hydrogens is 298 g/mol. The summed E-state index contributed by atoms with van der Waals surface area (Å²) in [6, 6.07) is 5.27. The van der Waals surface area contributed by atoms with E-state index < -0.39 is 33.3 Å². The third-order valence-corrected chi connectivity index (χ3v) is 5.55. The molecule has 7 nitrogen and oxygen atoms in total. The molecule has 1 heterocycles. The maximum atomic E-state index is 12.6. The highest BCUT2D eigenvalue weighted by molar-refractivity contribution is 7.94. The lowest BCUT2D eigenvalue weighted by Crippen LogP contribution is -2.48. The number of ether oxygens (including phenoxy) is 1. The van der Waals surface area contributed by atoms with Gasteiger partial charge in [0.1, 0.15) is 6.04 Å². The van der Waals surface area contributed by atoms with Crippen molar-refractivity contribution in [2.24, 2.45) is 0 Å². The van der Waals surface area contributed by atoms with Gasteiger partial charge < -0.3 is 9.84 Å². The van der Waals surface area contributed by atoms with Crippen molar-refractivity contribution in [3.8, 4) is 0 Å². The molecule has 0 radical (unpaired) electrons. The minimum Gasteiger partial charge on any atom is -0.480 e. The van der Waals surface area contributed by atoms with Crippen LogP contribution in [0.25, 0.3) is 0 Å². The number of anilines is 1. The Morgan fingerprint density at radius 1 is 1.38 bits per heavy atom. The predicted molar refractivity (Wildman–Crippen MR) is 74.4 cm³/mol. The smallest absolute Gasteiger partial charge is 0.327 e. The Morgan fingerprint density at radius 2 is 2.00 bits per heavy atom. The number of nitrogens with zero attached hydrogens (tertiary/aromatic N) is 1. The van der Waals surface area contributed by atoms with Gasteiger partial charge in [0, 0.05) is 6.42 Å². The van der Waals surface area contributed by atoms with Crippen LogP contribution in [0.5, 0.6) is 0 Å². The van der Waals surface area contributed by atoms with Gasteiger partial charge in [-0.25, -0.2) is 13.2 Å².